The highest BCUT2D eigenvalue weighted by molar-refractivity contribution is 7.07. The maximum atomic E-state index is 13.9. The van der Waals surface area contributed by atoms with Crippen molar-refractivity contribution >= 4 is 46.1 Å². The molecule has 0 bridgehead atoms. The number of nitrogens with zero attached hydrogens (tertiary/aromatic N) is 3. The van der Waals surface area contributed by atoms with E-state index in [-0.39, 0.29) is 17.0 Å². The molecular formula is C25H20ClN3O4S. The summed E-state index contributed by atoms with van der Waals surface area (Å²) in [6.07, 6.45) is 0. The van der Waals surface area contributed by atoms with E-state index in [1.54, 1.807) is 36.1 Å². The van der Waals surface area contributed by atoms with Crippen LogP contribution in [0.5, 0.6) is 0 Å². The average Bonchev–Trinajstić information content (AvgIpc) is 3.30. The first-order valence-electron chi connectivity index (χ1n) is 10.7. The van der Waals surface area contributed by atoms with E-state index < -0.39 is 12.0 Å². The predicted octanol–water partition coefficient (Wildman–Crippen LogP) is 2.80. The maximum absolute atomic E-state index is 13.9. The van der Waals surface area contributed by atoms with E-state index in [9.17, 15) is 14.4 Å². The van der Waals surface area contributed by atoms with Crippen molar-refractivity contribution in [2.45, 2.75) is 19.9 Å². The first kappa shape index (κ1) is 22.3. The number of anilines is 1. The van der Waals surface area contributed by atoms with Gasteiger partial charge < -0.3 is 9.64 Å². The van der Waals surface area contributed by atoms with Crippen LogP contribution in [0.25, 0.3) is 5.57 Å². The number of allylic oxidation sites excluding steroid dienone is 1. The Hall–Kier alpha value is -3.49. The molecule has 3 aromatic rings. The van der Waals surface area contributed by atoms with Gasteiger partial charge in [0.15, 0.2) is 4.80 Å². The second-order valence-electron chi connectivity index (χ2n) is 7.89. The van der Waals surface area contributed by atoms with Crippen molar-refractivity contribution in [1.29, 1.82) is 0 Å². The first-order chi connectivity index (χ1) is 16.4. The summed E-state index contributed by atoms with van der Waals surface area (Å²) in [6.45, 7) is 4.09. The number of rotatable bonds is 3. The Balaban J connectivity index is 1.85. The topological polar surface area (TPSA) is 81.0 Å². The van der Waals surface area contributed by atoms with E-state index in [4.69, 9.17) is 16.3 Å². The molecule has 9 heteroatoms. The zero-order chi connectivity index (χ0) is 24.1. The summed E-state index contributed by atoms with van der Waals surface area (Å²) in [4.78, 5) is 46.6. The number of amides is 1. The monoisotopic (exact) mass is 493 g/mol. The summed E-state index contributed by atoms with van der Waals surface area (Å²) in [6, 6.07) is 13.6. The molecule has 34 heavy (non-hydrogen) atoms. The largest absolute Gasteiger partial charge is 0.466 e. The third-order valence-electron chi connectivity index (χ3n) is 6.05. The third-order valence-corrected chi connectivity index (χ3v) is 7.36. The van der Waals surface area contributed by atoms with Crippen LogP contribution in [0.3, 0.4) is 0 Å². The molecular weight excluding hydrogens is 474 g/mol. The molecule has 1 aromatic heterocycles. The van der Waals surface area contributed by atoms with Gasteiger partial charge >= 0.3 is 5.97 Å². The first-order valence-corrected chi connectivity index (χ1v) is 11.9. The van der Waals surface area contributed by atoms with E-state index in [1.807, 2.05) is 31.2 Å². The number of hydrogen-bond donors (Lipinski definition) is 0. The van der Waals surface area contributed by atoms with Crippen LogP contribution in [0, 0.1) is 0 Å². The number of methoxy groups -OCH3 is 1. The summed E-state index contributed by atoms with van der Waals surface area (Å²) < 4.78 is 6.80. The van der Waals surface area contributed by atoms with Crippen LogP contribution < -0.4 is 19.8 Å². The number of benzene rings is 2. The minimum absolute atomic E-state index is 0.221. The molecule has 0 saturated carbocycles. The highest BCUT2D eigenvalue weighted by atomic mass is 35.5. The fourth-order valence-electron chi connectivity index (χ4n) is 4.52. The lowest BCUT2D eigenvalue weighted by Crippen LogP contribution is -2.40. The van der Waals surface area contributed by atoms with Crippen molar-refractivity contribution in [2.75, 3.05) is 18.6 Å². The van der Waals surface area contributed by atoms with E-state index in [0.717, 1.165) is 17.0 Å². The summed E-state index contributed by atoms with van der Waals surface area (Å²) in [5.74, 6) is -0.792. The van der Waals surface area contributed by atoms with Crippen LogP contribution >= 0.6 is 22.9 Å². The molecule has 2 aliphatic rings. The minimum atomic E-state index is -0.760. The Kier molecular flexibility index (Phi) is 5.50. The number of para-hydroxylation sites is 1. The van der Waals surface area contributed by atoms with Gasteiger partial charge in [-0.2, -0.15) is 0 Å². The SMILES string of the molecule is CCN1C(=O)/C(=c2/sc3n(c2=O)[C@H](c2ccc(Cl)cc2)C(C(=O)OC)=C(C)N=3)c2ccccc21. The van der Waals surface area contributed by atoms with Crippen LogP contribution in [0.15, 0.2) is 69.6 Å². The lowest BCUT2D eigenvalue weighted by Gasteiger charge is -2.24. The van der Waals surface area contributed by atoms with Crippen LogP contribution in [0.2, 0.25) is 5.02 Å². The predicted molar refractivity (Wildman–Crippen MR) is 131 cm³/mol. The second-order valence-corrected chi connectivity index (χ2v) is 9.30. The number of esters is 1. The van der Waals surface area contributed by atoms with Crippen molar-refractivity contribution < 1.29 is 14.3 Å². The molecule has 172 valence electrons. The minimum Gasteiger partial charge on any atom is -0.466 e. The number of carbonyl (C=O) groups is 2. The molecule has 0 N–H and O–H groups in total. The van der Waals surface area contributed by atoms with E-state index in [0.29, 0.717) is 43.3 Å². The molecule has 0 fully saturated rings. The summed E-state index contributed by atoms with van der Waals surface area (Å²) in [7, 11) is 1.29. The van der Waals surface area contributed by atoms with Gasteiger partial charge in [-0.1, -0.05) is 53.3 Å². The van der Waals surface area contributed by atoms with Crippen molar-refractivity contribution in [1.82, 2.24) is 4.57 Å². The fourth-order valence-corrected chi connectivity index (χ4v) is 5.78. The zero-order valence-electron chi connectivity index (χ0n) is 18.7. The molecule has 3 heterocycles. The number of hydrogen-bond acceptors (Lipinski definition) is 6. The van der Waals surface area contributed by atoms with Crippen molar-refractivity contribution in [3.8, 4) is 0 Å². The zero-order valence-corrected chi connectivity index (χ0v) is 20.2. The van der Waals surface area contributed by atoms with Gasteiger partial charge in [-0.25, -0.2) is 9.79 Å². The molecule has 1 amide bonds. The van der Waals surface area contributed by atoms with Gasteiger partial charge in [0.25, 0.3) is 11.5 Å². The standard InChI is InChI=1S/C25H20ClN3O4S/c1-4-28-17-8-6-5-7-16(17)19(22(28)30)21-23(31)29-20(14-9-11-15(26)12-10-14)18(24(32)33-3)13(2)27-25(29)34-21/h5-12,20H,4H2,1-3H3/b21-19+/t20-/m1/s1. The second kappa shape index (κ2) is 8.38. The smallest absolute Gasteiger partial charge is 0.338 e. The number of fused-ring (bicyclic) bond motifs is 2. The molecule has 7 nitrogen and oxygen atoms in total. The Morgan fingerprint density at radius 3 is 2.53 bits per heavy atom. The van der Waals surface area contributed by atoms with Gasteiger partial charge in [0, 0.05) is 17.1 Å². The molecule has 2 aliphatic heterocycles. The fraction of sp³-hybridized carbons (Fsp3) is 0.200. The number of halogens is 1. The van der Waals surface area contributed by atoms with Gasteiger partial charge in [0.1, 0.15) is 4.53 Å². The van der Waals surface area contributed by atoms with Crippen LogP contribution in [0.4, 0.5) is 5.69 Å². The average molecular weight is 494 g/mol. The third kappa shape index (κ3) is 3.25. The molecule has 0 radical (unpaired) electrons. The molecule has 0 unspecified atom stereocenters. The van der Waals surface area contributed by atoms with Crippen LogP contribution in [-0.4, -0.2) is 30.1 Å². The van der Waals surface area contributed by atoms with E-state index in [1.165, 1.54) is 11.7 Å². The molecule has 1 atom stereocenters. The molecule has 0 spiro atoms. The number of likely N-dealkylation sites (N-methyl/N-ethyl adjacent to an activating group) is 1. The molecule has 0 saturated heterocycles. The quantitative estimate of drug-likeness (QED) is 0.525. The van der Waals surface area contributed by atoms with E-state index >= 15 is 0 Å². The number of aromatic nitrogens is 1. The van der Waals surface area contributed by atoms with Gasteiger partial charge in [0.2, 0.25) is 0 Å². The molecule has 5 rings (SSSR count). The Bertz CT molecular complexity index is 1570. The molecule has 0 aliphatic carbocycles. The summed E-state index contributed by atoms with van der Waals surface area (Å²) in [5, 5.41) is 0.534. The van der Waals surface area contributed by atoms with Gasteiger partial charge in [-0.05, 0) is 37.6 Å². The number of ether oxygens (including phenoxy) is 1. The summed E-state index contributed by atoms with van der Waals surface area (Å²) in [5.41, 5.74) is 2.87. The highest BCUT2D eigenvalue weighted by Crippen LogP contribution is 2.35. The van der Waals surface area contributed by atoms with Crippen molar-refractivity contribution in [2.24, 2.45) is 4.99 Å². The number of carbonyl (C=O) groups excluding carboxylic acids is 2. The Labute approximate surface area is 203 Å². The van der Waals surface area contributed by atoms with Crippen molar-refractivity contribution in [3.63, 3.8) is 0 Å². The van der Waals surface area contributed by atoms with Crippen molar-refractivity contribution in [3.05, 3.63) is 95.6 Å². The van der Waals surface area contributed by atoms with Gasteiger partial charge in [-0.15, -0.1) is 0 Å². The lowest BCUT2D eigenvalue weighted by molar-refractivity contribution is -0.136. The normalized spacial score (nSPS) is 18.5. The van der Waals surface area contributed by atoms with Crippen LogP contribution in [-0.2, 0) is 14.3 Å². The van der Waals surface area contributed by atoms with Gasteiger partial charge in [-0.3, -0.25) is 14.2 Å². The maximum Gasteiger partial charge on any atom is 0.338 e. The van der Waals surface area contributed by atoms with Crippen LogP contribution in [0.1, 0.15) is 31.0 Å². The molecule has 2 aromatic carbocycles. The summed E-state index contributed by atoms with van der Waals surface area (Å²) >= 11 is 7.24. The van der Waals surface area contributed by atoms with E-state index in [2.05, 4.69) is 4.99 Å². The van der Waals surface area contributed by atoms with Gasteiger partial charge in [0.05, 0.1) is 35.7 Å². The Morgan fingerprint density at radius 1 is 1.15 bits per heavy atom. The number of thiazole rings is 1. The highest BCUT2D eigenvalue weighted by Gasteiger charge is 2.36. The Morgan fingerprint density at radius 2 is 1.85 bits per heavy atom. The lowest BCUT2D eigenvalue weighted by atomic mass is 9.96.